The van der Waals surface area contributed by atoms with Gasteiger partial charge in [-0.05, 0) is 18.2 Å². The molecule has 0 fully saturated rings. The maximum atomic E-state index is 12.9. The molecule has 3 N–H and O–H groups in total. The number of benzene rings is 1. The smallest absolute Gasteiger partial charge is 0.203 e. The zero-order chi connectivity index (χ0) is 10.8. The monoisotopic (exact) mass is 208 g/mol. The summed E-state index contributed by atoms with van der Waals surface area (Å²) in [6.07, 6.45) is 0. The van der Waals surface area contributed by atoms with Crippen LogP contribution in [0, 0.1) is 5.82 Å². The molecule has 2 aromatic rings. The zero-order valence-corrected chi connectivity index (χ0v) is 8.50. The fourth-order valence-corrected chi connectivity index (χ4v) is 1.45. The number of nitrogens with zero attached hydrogens (tertiary/aromatic N) is 2. The maximum Gasteiger partial charge on any atom is 0.203 e. The number of nitrogens with two attached hydrogens (primary N) is 1. The highest BCUT2D eigenvalue weighted by molar-refractivity contribution is 5.77. The Morgan fingerprint density at radius 3 is 3.07 bits per heavy atom. The molecule has 5 heteroatoms. The second-order valence-corrected chi connectivity index (χ2v) is 3.43. The van der Waals surface area contributed by atoms with Gasteiger partial charge in [0.2, 0.25) is 5.95 Å². The summed E-state index contributed by atoms with van der Waals surface area (Å²) < 4.78 is 12.9. The van der Waals surface area contributed by atoms with Crippen LogP contribution in [-0.4, -0.2) is 30.1 Å². The second kappa shape index (κ2) is 3.86. The topological polar surface area (TPSA) is 57.9 Å². The summed E-state index contributed by atoms with van der Waals surface area (Å²) in [5.74, 6) is 0.445. The van der Waals surface area contributed by atoms with Gasteiger partial charge in [-0.25, -0.2) is 9.37 Å². The Bertz CT molecular complexity index is 465. The number of halogens is 1. The van der Waals surface area contributed by atoms with Crippen LogP contribution in [0.1, 0.15) is 0 Å². The molecule has 0 aliphatic rings. The van der Waals surface area contributed by atoms with Gasteiger partial charge in [-0.15, -0.1) is 0 Å². The largest absolute Gasteiger partial charge is 0.344 e. The fourth-order valence-electron chi connectivity index (χ4n) is 1.45. The summed E-state index contributed by atoms with van der Waals surface area (Å²) in [5, 5.41) is 0. The van der Waals surface area contributed by atoms with Gasteiger partial charge in [-0.1, -0.05) is 0 Å². The van der Waals surface area contributed by atoms with Crippen molar-refractivity contribution < 1.29 is 4.39 Å². The van der Waals surface area contributed by atoms with Crippen molar-refractivity contribution in [1.29, 1.82) is 0 Å². The average molecular weight is 208 g/mol. The van der Waals surface area contributed by atoms with E-state index in [2.05, 4.69) is 9.97 Å². The summed E-state index contributed by atoms with van der Waals surface area (Å²) >= 11 is 0. The van der Waals surface area contributed by atoms with Gasteiger partial charge >= 0.3 is 0 Å². The molecule has 1 aromatic carbocycles. The summed E-state index contributed by atoms with van der Waals surface area (Å²) in [6.45, 7) is 1.27. The van der Waals surface area contributed by atoms with E-state index in [0.29, 0.717) is 24.6 Å². The van der Waals surface area contributed by atoms with Crippen LogP contribution in [0.25, 0.3) is 11.0 Å². The lowest BCUT2D eigenvalue weighted by molar-refractivity contribution is 0.629. The lowest BCUT2D eigenvalue weighted by Gasteiger charge is -2.13. The van der Waals surface area contributed by atoms with Crippen molar-refractivity contribution >= 4 is 17.0 Å². The van der Waals surface area contributed by atoms with Crippen molar-refractivity contribution in [2.24, 2.45) is 5.73 Å². The van der Waals surface area contributed by atoms with Gasteiger partial charge in [0.05, 0.1) is 11.0 Å². The molecule has 1 aromatic heterocycles. The average Bonchev–Trinajstić information content (AvgIpc) is 2.60. The highest BCUT2D eigenvalue weighted by Gasteiger charge is 2.06. The minimum Gasteiger partial charge on any atom is -0.344 e. The third kappa shape index (κ3) is 1.92. The van der Waals surface area contributed by atoms with E-state index in [-0.39, 0.29) is 5.82 Å². The van der Waals surface area contributed by atoms with E-state index in [4.69, 9.17) is 5.73 Å². The Balaban J connectivity index is 2.38. The van der Waals surface area contributed by atoms with Crippen molar-refractivity contribution in [2.45, 2.75) is 0 Å². The number of fused-ring (bicyclic) bond motifs is 1. The van der Waals surface area contributed by atoms with Gasteiger partial charge < -0.3 is 15.6 Å². The number of aromatic nitrogens is 2. The molecule has 80 valence electrons. The molecule has 0 atom stereocenters. The number of hydrogen-bond acceptors (Lipinski definition) is 3. The van der Waals surface area contributed by atoms with Crippen molar-refractivity contribution in [3.63, 3.8) is 0 Å². The molecule has 0 aliphatic heterocycles. The number of hydrogen-bond donors (Lipinski definition) is 2. The predicted octanol–water partition coefficient (Wildman–Crippen LogP) is 1.10. The Labute approximate surface area is 86.9 Å². The summed E-state index contributed by atoms with van der Waals surface area (Å²) in [6, 6.07) is 4.49. The molecular weight excluding hydrogens is 195 g/mol. The lowest BCUT2D eigenvalue weighted by atomic mass is 10.3. The van der Waals surface area contributed by atoms with Crippen molar-refractivity contribution in [2.75, 3.05) is 25.0 Å². The molecule has 0 radical (unpaired) electrons. The van der Waals surface area contributed by atoms with E-state index in [9.17, 15) is 4.39 Å². The van der Waals surface area contributed by atoms with Crippen LogP contribution in [0.5, 0.6) is 0 Å². The molecule has 0 saturated carbocycles. The molecule has 0 unspecified atom stereocenters. The number of anilines is 1. The molecule has 2 rings (SSSR count). The molecule has 15 heavy (non-hydrogen) atoms. The molecule has 0 spiro atoms. The first kappa shape index (κ1) is 9.92. The number of aromatic amines is 1. The number of nitrogens with one attached hydrogen (secondary N) is 1. The first-order valence-electron chi connectivity index (χ1n) is 4.77. The van der Waals surface area contributed by atoms with Crippen LogP contribution in [-0.2, 0) is 0 Å². The third-order valence-corrected chi connectivity index (χ3v) is 2.26. The van der Waals surface area contributed by atoms with E-state index >= 15 is 0 Å². The molecule has 0 aliphatic carbocycles. The Hall–Kier alpha value is -1.62. The number of imidazole rings is 1. The third-order valence-electron chi connectivity index (χ3n) is 2.26. The van der Waals surface area contributed by atoms with Crippen LogP contribution in [0.3, 0.4) is 0 Å². The van der Waals surface area contributed by atoms with Gasteiger partial charge in [0, 0.05) is 20.1 Å². The fraction of sp³-hybridized carbons (Fsp3) is 0.300. The van der Waals surface area contributed by atoms with Crippen LogP contribution in [0.15, 0.2) is 18.2 Å². The highest BCUT2D eigenvalue weighted by atomic mass is 19.1. The predicted molar refractivity (Wildman–Crippen MR) is 58.4 cm³/mol. The maximum absolute atomic E-state index is 12.9. The molecule has 1 heterocycles. The molecule has 0 bridgehead atoms. The molecular formula is C10H13FN4. The molecule has 0 saturated heterocycles. The van der Waals surface area contributed by atoms with Gasteiger partial charge in [0.15, 0.2) is 0 Å². The van der Waals surface area contributed by atoms with Crippen molar-refractivity contribution in [3.05, 3.63) is 24.0 Å². The second-order valence-electron chi connectivity index (χ2n) is 3.43. The van der Waals surface area contributed by atoms with Gasteiger partial charge in [-0.3, -0.25) is 0 Å². The van der Waals surface area contributed by atoms with Crippen LogP contribution in [0.2, 0.25) is 0 Å². The Morgan fingerprint density at radius 1 is 1.53 bits per heavy atom. The van der Waals surface area contributed by atoms with Crippen molar-refractivity contribution in [3.8, 4) is 0 Å². The Morgan fingerprint density at radius 2 is 2.33 bits per heavy atom. The lowest BCUT2D eigenvalue weighted by Crippen LogP contribution is -2.25. The summed E-state index contributed by atoms with van der Waals surface area (Å²) in [4.78, 5) is 9.26. The first-order chi connectivity index (χ1) is 7.20. The van der Waals surface area contributed by atoms with Gasteiger partial charge in [0.25, 0.3) is 0 Å². The van der Waals surface area contributed by atoms with E-state index < -0.39 is 0 Å². The van der Waals surface area contributed by atoms with Crippen molar-refractivity contribution in [1.82, 2.24) is 9.97 Å². The molecule has 0 amide bonds. The van der Waals surface area contributed by atoms with E-state index in [1.807, 2.05) is 11.9 Å². The van der Waals surface area contributed by atoms with Gasteiger partial charge in [0.1, 0.15) is 5.82 Å². The Kier molecular flexibility index (Phi) is 2.55. The zero-order valence-electron chi connectivity index (χ0n) is 8.50. The SMILES string of the molecule is CN(CCN)c1nc2ccc(F)cc2[nH]1. The van der Waals surface area contributed by atoms with E-state index in [1.165, 1.54) is 12.1 Å². The quantitative estimate of drug-likeness (QED) is 0.794. The number of H-pyrrole nitrogens is 1. The standard InChI is InChI=1S/C10H13FN4/c1-15(5-4-12)10-13-8-3-2-7(11)6-9(8)14-10/h2-3,6H,4-5,12H2,1H3,(H,13,14). The minimum atomic E-state index is -0.265. The minimum absolute atomic E-state index is 0.265. The number of likely N-dealkylation sites (N-methyl/N-ethyl adjacent to an activating group) is 1. The molecule has 4 nitrogen and oxygen atoms in total. The highest BCUT2D eigenvalue weighted by Crippen LogP contribution is 2.17. The van der Waals surface area contributed by atoms with Crippen LogP contribution in [0.4, 0.5) is 10.3 Å². The van der Waals surface area contributed by atoms with E-state index in [0.717, 1.165) is 5.52 Å². The van der Waals surface area contributed by atoms with Crippen LogP contribution >= 0.6 is 0 Å². The normalized spacial score (nSPS) is 10.9. The van der Waals surface area contributed by atoms with E-state index in [1.54, 1.807) is 6.07 Å². The first-order valence-corrected chi connectivity index (χ1v) is 4.77. The summed E-state index contributed by atoms with van der Waals surface area (Å²) in [5.41, 5.74) is 6.90. The van der Waals surface area contributed by atoms with Crippen LogP contribution < -0.4 is 10.6 Å². The van der Waals surface area contributed by atoms with Gasteiger partial charge in [-0.2, -0.15) is 0 Å². The summed E-state index contributed by atoms with van der Waals surface area (Å²) in [7, 11) is 1.89. The number of rotatable bonds is 3.